The highest BCUT2D eigenvalue weighted by Crippen LogP contribution is 2.24. The van der Waals surface area contributed by atoms with Crippen molar-refractivity contribution in [1.82, 2.24) is 9.78 Å². The molecule has 0 saturated carbocycles. The maximum Gasteiger partial charge on any atom is 0.274 e. The molecule has 0 spiro atoms. The lowest BCUT2D eigenvalue weighted by Crippen LogP contribution is -2.20. The molecule has 0 N–H and O–H groups in total. The second kappa shape index (κ2) is 4.31. The fraction of sp³-hybridized carbons (Fsp3) is 0.0667. The molecule has 19 heavy (non-hydrogen) atoms. The number of aromatic nitrogens is 2. The summed E-state index contributed by atoms with van der Waals surface area (Å²) in [5.41, 5.74) is 0.553. The maximum absolute atomic E-state index is 13.4. The van der Waals surface area contributed by atoms with Crippen LogP contribution in [0.15, 0.2) is 53.3 Å². The Labute approximate surface area is 111 Å². The summed E-state index contributed by atoms with van der Waals surface area (Å²) in [6.07, 6.45) is 0. The fourth-order valence-corrected chi connectivity index (χ4v) is 2.04. The molecule has 3 aromatic rings. The molecule has 1 heterocycles. The summed E-state index contributed by atoms with van der Waals surface area (Å²) >= 11 is 0. The van der Waals surface area contributed by atoms with Gasteiger partial charge in [0.25, 0.3) is 5.56 Å². The van der Waals surface area contributed by atoms with Gasteiger partial charge in [-0.3, -0.25) is 4.79 Å². The molecule has 3 nitrogen and oxygen atoms in total. The van der Waals surface area contributed by atoms with E-state index in [2.05, 4.69) is 5.10 Å². The van der Waals surface area contributed by atoms with Crippen LogP contribution in [0, 0.1) is 5.82 Å². The van der Waals surface area contributed by atoms with Gasteiger partial charge in [0, 0.05) is 20.7 Å². The maximum atomic E-state index is 13.4. The van der Waals surface area contributed by atoms with Crippen LogP contribution in [0.5, 0.6) is 0 Å². The van der Waals surface area contributed by atoms with Gasteiger partial charge in [-0.25, -0.2) is 9.07 Å². The number of rotatable bonds is 1. The highest BCUT2D eigenvalue weighted by molar-refractivity contribution is 5.93. The van der Waals surface area contributed by atoms with E-state index in [1.165, 1.54) is 12.1 Å². The van der Waals surface area contributed by atoms with Crippen molar-refractivity contribution in [2.45, 2.75) is 0 Å². The van der Waals surface area contributed by atoms with E-state index in [1.807, 2.05) is 30.3 Å². The molecule has 2 aromatic carbocycles. The third-order valence-electron chi connectivity index (χ3n) is 2.93. The third kappa shape index (κ3) is 1.91. The van der Waals surface area contributed by atoms with Crippen LogP contribution in [0.25, 0.3) is 22.0 Å². The summed E-state index contributed by atoms with van der Waals surface area (Å²) in [6.45, 7) is -1.59. The van der Waals surface area contributed by atoms with E-state index >= 15 is 0 Å². The van der Waals surface area contributed by atoms with Crippen molar-refractivity contribution in [3.05, 3.63) is 64.7 Å². The Morgan fingerprint density at radius 1 is 1.16 bits per heavy atom. The highest BCUT2D eigenvalue weighted by atomic mass is 19.1. The zero-order chi connectivity index (χ0) is 15.0. The molecule has 0 bridgehead atoms. The van der Waals surface area contributed by atoms with Crippen LogP contribution in [0.2, 0.25) is 0 Å². The molecule has 1 aromatic heterocycles. The molecule has 0 radical (unpaired) electrons. The lowest BCUT2D eigenvalue weighted by atomic mass is 10.1. The lowest BCUT2D eigenvalue weighted by molar-refractivity contribution is 0.629. The second-order valence-corrected chi connectivity index (χ2v) is 4.15. The van der Waals surface area contributed by atoms with Gasteiger partial charge in [0.2, 0.25) is 0 Å². The van der Waals surface area contributed by atoms with E-state index in [4.69, 9.17) is 2.74 Å². The van der Waals surface area contributed by atoms with Crippen LogP contribution in [-0.2, 0) is 7.00 Å². The topological polar surface area (TPSA) is 34.9 Å². The largest absolute Gasteiger partial charge is 0.274 e. The lowest BCUT2D eigenvalue weighted by Gasteiger charge is -2.08. The van der Waals surface area contributed by atoms with Crippen LogP contribution in [0.4, 0.5) is 4.39 Å². The van der Waals surface area contributed by atoms with E-state index in [1.54, 1.807) is 0 Å². The van der Waals surface area contributed by atoms with E-state index in [0.717, 1.165) is 16.3 Å². The van der Waals surface area contributed by atoms with Crippen molar-refractivity contribution >= 4 is 10.8 Å². The number of fused-ring (bicyclic) bond motifs is 1. The van der Waals surface area contributed by atoms with Gasteiger partial charge in [0.15, 0.2) is 0 Å². The Morgan fingerprint density at radius 3 is 2.68 bits per heavy atom. The minimum atomic E-state index is -1.59. The molecule has 0 amide bonds. The Balaban J connectivity index is 2.44. The first-order valence-electron chi connectivity index (χ1n) is 6.85. The van der Waals surface area contributed by atoms with Gasteiger partial charge in [-0.15, -0.1) is 0 Å². The predicted molar refractivity (Wildman–Crippen MR) is 72.4 cm³/mol. The zero-order valence-electron chi connectivity index (χ0n) is 11.9. The first-order valence-corrected chi connectivity index (χ1v) is 5.70. The monoisotopic (exact) mass is 256 g/mol. The third-order valence-corrected chi connectivity index (χ3v) is 2.93. The zero-order valence-corrected chi connectivity index (χ0v) is 9.88. The van der Waals surface area contributed by atoms with Crippen LogP contribution >= 0.6 is 0 Å². The molecule has 0 saturated heterocycles. The smallest absolute Gasteiger partial charge is 0.267 e. The van der Waals surface area contributed by atoms with E-state index in [9.17, 15) is 9.18 Å². The summed E-state index contributed by atoms with van der Waals surface area (Å²) in [6, 6.07) is 13.0. The predicted octanol–water partition coefficient (Wildman–Crippen LogP) is 2.74. The number of nitrogens with zero attached hydrogens (tertiary/aromatic N) is 2. The van der Waals surface area contributed by atoms with Crippen molar-refractivity contribution < 1.29 is 7.13 Å². The molecule has 3 rings (SSSR count). The van der Waals surface area contributed by atoms with Gasteiger partial charge in [-0.05, 0) is 18.2 Å². The Hall–Kier alpha value is -2.49. The highest BCUT2D eigenvalue weighted by Gasteiger charge is 2.11. The van der Waals surface area contributed by atoms with Crippen molar-refractivity contribution in [1.29, 1.82) is 0 Å². The SMILES string of the molecule is [2H]C([2H])n1nc(-c2ccccc2)c2ccc(F)cc2c1=O. The Kier molecular flexibility index (Phi) is 2.14. The summed E-state index contributed by atoms with van der Waals surface area (Å²) in [4.78, 5) is 12.2. The van der Waals surface area contributed by atoms with Gasteiger partial charge < -0.3 is 0 Å². The fourth-order valence-electron chi connectivity index (χ4n) is 2.04. The number of aryl methyl sites for hydroxylation is 1. The molecular formula is C15H11FN2O. The quantitative estimate of drug-likeness (QED) is 0.671. The Bertz CT molecular complexity index is 863. The van der Waals surface area contributed by atoms with Crippen LogP contribution in [-0.4, -0.2) is 9.78 Å². The number of hydrogen-bond donors (Lipinski definition) is 0. The average molecular weight is 256 g/mol. The first-order chi connectivity index (χ1) is 10.1. The number of hydrogen-bond acceptors (Lipinski definition) is 2. The summed E-state index contributed by atoms with van der Waals surface area (Å²) in [7, 11) is 0. The van der Waals surface area contributed by atoms with Crippen molar-refractivity contribution in [3.63, 3.8) is 0 Å². The van der Waals surface area contributed by atoms with Crippen LogP contribution < -0.4 is 5.56 Å². The second-order valence-electron chi connectivity index (χ2n) is 4.15. The standard InChI is InChI=1S/C15H11FN2O/c1-18-15(19)13-9-11(16)7-8-12(13)14(17-18)10-5-3-2-4-6-10/h2-9H,1H3/i1D2. The van der Waals surface area contributed by atoms with Crippen molar-refractivity contribution in [3.8, 4) is 11.3 Å². The summed E-state index contributed by atoms with van der Waals surface area (Å²) in [5, 5.41) is 4.73. The van der Waals surface area contributed by atoms with Crippen molar-refractivity contribution in [2.24, 2.45) is 7.00 Å². The molecule has 0 aliphatic rings. The van der Waals surface area contributed by atoms with Gasteiger partial charge >= 0.3 is 0 Å². The molecule has 0 atom stereocenters. The van der Waals surface area contributed by atoms with Crippen molar-refractivity contribution in [2.75, 3.05) is 0 Å². The van der Waals surface area contributed by atoms with E-state index in [-0.39, 0.29) is 5.39 Å². The minimum absolute atomic E-state index is 0.119. The normalized spacial score (nSPS) is 12.5. The number of halogens is 1. The van der Waals surface area contributed by atoms with E-state index < -0.39 is 18.4 Å². The average Bonchev–Trinajstić information content (AvgIpc) is 2.48. The number of benzene rings is 2. The summed E-state index contributed by atoms with van der Waals surface area (Å²) < 4.78 is 29.0. The molecule has 0 aliphatic heterocycles. The van der Waals surface area contributed by atoms with Gasteiger partial charge in [-0.1, -0.05) is 30.3 Å². The molecule has 94 valence electrons. The Morgan fingerprint density at radius 2 is 1.95 bits per heavy atom. The molecule has 4 heteroatoms. The molecule has 0 unspecified atom stereocenters. The van der Waals surface area contributed by atoms with Crippen LogP contribution in [0.1, 0.15) is 2.74 Å². The summed E-state index contributed by atoms with van der Waals surface area (Å²) in [5.74, 6) is -0.539. The van der Waals surface area contributed by atoms with Crippen LogP contribution in [0.3, 0.4) is 0 Å². The molecule has 0 aliphatic carbocycles. The first kappa shape index (κ1) is 9.44. The van der Waals surface area contributed by atoms with Gasteiger partial charge in [0.1, 0.15) is 5.82 Å². The molecular weight excluding hydrogens is 243 g/mol. The molecule has 0 fully saturated rings. The van der Waals surface area contributed by atoms with Gasteiger partial charge in [-0.2, -0.15) is 5.10 Å². The van der Waals surface area contributed by atoms with Gasteiger partial charge in [0.05, 0.1) is 11.1 Å². The minimum Gasteiger partial charge on any atom is -0.267 e. The van der Waals surface area contributed by atoms with E-state index in [0.29, 0.717) is 11.1 Å².